The number of nitrogens with one attached hydrogen (secondary N) is 1. The number of H-pyrrole nitrogens is 1. The molecule has 1 heterocycles. The van der Waals surface area contributed by atoms with Gasteiger partial charge < -0.3 is 16.5 Å². The third-order valence-electron chi connectivity index (χ3n) is 2.91. The van der Waals surface area contributed by atoms with Gasteiger partial charge in [-0.3, -0.25) is 4.79 Å². The van der Waals surface area contributed by atoms with E-state index in [1.54, 1.807) is 12.1 Å². The average molecular weight is 284 g/mol. The predicted molar refractivity (Wildman–Crippen MR) is 79.6 cm³/mol. The molecule has 0 atom stereocenters. The molecule has 20 heavy (non-hydrogen) atoms. The maximum atomic E-state index is 11.3. The van der Waals surface area contributed by atoms with Crippen LogP contribution < -0.4 is 11.5 Å². The van der Waals surface area contributed by atoms with Crippen molar-refractivity contribution in [1.29, 1.82) is 0 Å². The van der Waals surface area contributed by atoms with Crippen LogP contribution in [0.5, 0.6) is 0 Å². The Labute approximate surface area is 119 Å². The van der Waals surface area contributed by atoms with E-state index in [1.165, 1.54) is 11.8 Å². The first-order chi connectivity index (χ1) is 9.65. The summed E-state index contributed by atoms with van der Waals surface area (Å²) >= 11 is 1.37. The Balaban J connectivity index is 1.98. The molecule has 0 fully saturated rings. The van der Waals surface area contributed by atoms with E-state index in [4.69, 9.17) is 11.5 Å². The first-order valence-electron chi connectivity index (χ1n) is 5.96. The molecule has 0 aliphatic rings. The number of carbonyl (C=O) groups excluding carboxylic acids is 1. The van der Waals surface area contributed by atoms with Crippen molar-refractivity contribution in [1.82, 2.24) is 9.97 Å². The third kappa shape index (κ3) is 2.21. The zero-order valence-electron chi connectivity index (χ0n) is 10.5. The molecule has 5 N–H and O–H groups in total. The van der Waals surface area contributed by atoms with Crippen molar-refractivity contribution in [2.24, 2.45) is 5.73 Å². The highest BCUT2D eigenvalue weighted by Gasteiger charge is 2.12. The lowest BCUT2D eigenvalue weighted by Crippen LogP contribution is -2.13. The summed E-state index contributed by atoms with van der Waals surface area (Å²) in [4.78, 5) is 19.7. The molecule has 1 aromatic heterocycles. The predicted octanol–water partition coefficient (Wildman–Crippen LogP) is 2.40. The number of rotatable bonds is 3. The van der Waals surface area contributed by atoms with Crippen molar-refractivity contribution < 1.29 is 4.79 Å². The minimum absolute atomic E-state index is 0.325. The molecule has 0 spiro atoms. The van der Waals surface area contributed by atoms with E-state index in [-0.39, 0.29) is 0 Å². The zero-order valence-corrected chi connectivity index (χ0v) is 11.3. The molecule has 1 amide bonds. The highest BCUT2D eigenvalue weighted by molar-refractivity contribution is 7.99. The van der Waals surface area contributed by atoms with Crippen molar-refractivity contribution >= 4 is 34.4 Å². The van der Waals surface area contributed by atoms with Gasteiger partial charge in [0.15, 0.2) is 5.16 Å². The molecule has 0 saturated carbocycles. The summed E-state index contributed by atoms with van der Waals surface area (Å²) in [7, 11) is 0. The molecule has 100 valence electrons. The number of hydrogen-bond acceptors (Lipinski definition) is 4. The number of primary amides is 1. The average Bonchev–Trinajstić information content (AvgIpc) is 2.83. The second-order valence-electron chi connectivity index (χ2n) is 4.24. The highest BCUT2D eigenvalue weighted by atomic mass is 32.2. The van der Waals surface area contributed by atoms with Crippen molar-refractivity contribution in [2.75, 3.05) is 5.73 Å². The van der Waals surface area contributed by atoms with Gasteiger partial charge >= 0.3 is 0 Å². The van der Waals surface area contributed by atoms with Gasteiger partial charge in [0.1, 0.15) is 0 Å². The van der Waals surface area contributed by atoms with E-state index in [1.807, 2.05) is 30.3 Å². The van der Waals surface area contributed by atoms with E-state index in [0.717, 1.165) is 21.1 Å². The lowest BCUT2D eigenvalue weighted by Gasteiger charge is -2.06. The summed E-state index contributed by atoms with van der Waals surface area (Å²) < 4.78 is 0. The van der Waals surface area contributed by atoms with Crippen LogP contribution in [0.3, 0.4) is 0 Å². The summed E-state index contributed by atoms with van der Waals surface area (Å²) in [5.41, 5.74) is 13.8. The minimum Gasteiger partial charge on any atom is -0.397 e. The number of aromatic nitrogens is 2. The Hall–Kier alpha value is -2.47. The standard InChI is InChI=1S/C14H12N4OS/c15-12-8(13(16)19)4-3-7-11(12)20-14-17-9-5-1-2-6-10(9)18-14/h1-7H,15H2,(H2,16,19)(H,17,18). The van der Waals surface area contributed by atoms with E-state index in [2.05, 4.69) is 9.97 Å². The fourth-order valence-electron chi connectivity index (χ4n) is 1.93. The van der Waals surface area contributed by atoms with Crippen LogP contribution >= 0.6 is 11.8 Å². The van der Waals surface area contributed by atoms with Crippen LogP contribution in [0.15, 0.2) is 52.5 Å². The van der Waals surface area contributed by atoms with Gasteiger partial charge in [-0.15, -0.1) is 0 Å². The van der Waals surface area contributed by atoms with Crippen LogP contribution in [-0.2, 0) is 0 Å². The molecule has 3 aromatic rings. The summed E-state index contributed by atoms with van der Waals surface area (Å²) in [6.45, 7) is 0. The summed E-state index contributed by atoms with van der Waals surface area (Å²) in [6.07, 6.45) is 0. The SMILES string of the molecule is NC(=O)c1cccc(Sc2nc3ccccc3[nH]2)c1N. The smallest absolute Gasteiger partial charge is 0.250 e. The van der Waals surface area contributed by atoms with Crippen LogP contribution in [-0.4, -0.2) is 15.9 Å². The number of imidazole rings is 1. The number of fused-ring (bicyclic) bond motifs is 1. The van der Waals surface area contributed by atoms with Gasteiger partial charge in [0.25, 0.3) is 5.91 Å². The summed E-state index contributed by atoms with van der Waals surface area (Å²) in [5, 5.41) is 0.722. The lowest BCUT2D eigenvalue weighted by atomic mass is 10.2. The van der Waals surface area contributed by atoms with Gasteiger partial charge in [0.05, 0.1) is 22.3 Å². The number of nitrogen functional groups attached to an aromatic ring is 1. The Bertz CT molecular complexity index is 764. The molecule has 5 nitrogen and oxygen atoms in total. The molecule has 0 aliphatic heterocycles. The fourth-order valence-corrected chi connectivity index (χ4v) is 2.81. The number of aromatic amines is 1. The van der Waals surface area contributed by atoms with E-state index >= 15 is 0 Å². The maximum Gasteiger partial charge on any atom is 0.250 e. The van der Waals surface area contributed by atoms with Gasteiger partial charge in [-0.1, -0.05) is 18.2 Å². The second kappa shape index (κ2) is 4.90. The molecular weight excluding hydrogens is 272 g/mol. The lowest BCUT2D eigenvalue weighted by molar-refractivity contribution is 0.100. The largest absolute Gasteiger partial charge is 0.397 e. The number of nitrogens with two attached hydrogens (primary N) is 2. The molecule has 0 saturated heterocycles. The third-order valence-corrected chi connectivity index (χ3v) is 3.87. The van der Waals surface area contributed by atoms with Gasteiger partial charge in [-0.25, -0.2) is 4.98 Å². The Morgan fingerprint density at radius 1 is 1.15 bits per heavy atom. The van der Waals surface area contributed by atoms with E-state index in [0.29, 0.717) is 11.3 Å². The number of para-hydroxylation sites is 3. The first-order valence-corrected chi connectivity index (χ1v) is 6.77. The molecule has 0 radical (unpaired) electrons. The van der Waals surface area contributed by atoms with Crippen LogP contribution in [0, 0.1) is 0 Å². The number of nitrogens with zero attached hydrogens (tertiary/aromatic N) is 1. The van der Waals surface area contributed by atoms with Crippen molar-refractivity contribution in [3.63, 3.8) is 0 Å². The molecular formula is C14H12N4OS. The van der Waals surface area contributed by atoms with Gasteiger partial charge in [-0.05, 0) is 36.0 Å². The van der Waals surface area contributed by atoms with Crippen LogP contribution in [0.2, 0.25) is 0 Å². The number of benzene rings is 2. The molecule has 0 aliphatic carbocycles. The zero-order chi connectivity index (χ0) is 14.1. The van der Waals surface area contributed by atoms with Crippen LogP contribution in [0.1, 0.15) is 10.4 Å². The molecule has 3 rings (SSSR count). The Morgan fingerprint density at radius 2 is 1.95 bits per heavy atom. The quantitative estimate of drug-likeness (QED) is 0.643. The minimum atomic E-state index is -0.533. The molecule has 0 bridgehead atoms. The number of hydrogen-bond donors (Lipinski definition) is 3. The topological polar surface area (TPSA) is 97.8 Å². The Kier molecular flexibility index (Phi) is 3.08. The summed E-state index contributed by atoms with van der Waals surface area (Å²) in [5.74, 6) is -0.533. The van der Waals surface area contributed by atoms with Gasteiger partial charge in [0.2, 0.25) is 0 Å². The molecule has 2 aromatic carbocycles. The Morgan fingerprint density at radius 3 is 2.70 bits per heavy atom. The second-order valence-corrected chi connectivity index (χ2v) is 5.27. The fraction of sp³-hybridized carbons (Fsp3) is 0. The number of amides is 1. The van der Waals surface area contributed by atoms with Crippen LogP contribution in [0.4, 0.5) is 5.69 Å². The maximum absolute atomic E-state index is 11.3. The van der Waals surface area contributed by atoms with E-state index < -0.39 is 5.91 Å². The summed E-state index contributed by atoms with van der Waals surface area (Å²) in [6, 6.07) is 13.0. The van der Waals surface area contributed by atoms with Crippen molar-refractivity contribution in [3.05, 3.63) is 48.0 Å². The molecule has 0 unspecified atom stereocenters. The number of anilines is 1. The molecule has 6 heteroatoms. The van der Waals surface area contributed by atoms with E-state index in [9.17, 15) is 4.79 Å². The first kappa shape index (κ1) is 12.6. The number of carbonyl (C=O) groups is 1. The van der Waals surface area contributed by atoms with Crippen molar-refractivity contribution in [2.45, 2.75) is 10.1 Å². The van der Waals surface area contributed by atoms with Crippen LogP contribution in [0.25, 0.3) is 11.0 Å². The normalized spacial score (nSPS) is 10.8. The monoisotopic (exact) mass is 284 g/mol. The highest BCUT2D eigenvalue weighted by Crippen LogP contribution is 2.33. The van der Waals surface area contributed by atoms with Gasteiger partial charge in [0, 0.05) is 4.90 Å². The van der Waals surface area contributed by atoms with Gasteiger partial charge in [-0.2, -0.15) is 0 Å². The van der Waals surface area contributed by atoms with Crippen molar-refractivity contribution in [3.8, 4) is 0 Å².